The van der Waals surface area contributed by atoms with Crippen molar-refractivity contribution in [2.75, 3.05) is 7.05 Å². The molecule has 1 fully saturated rings. The number of allylic oxidation sites excluding steroid dienone is 1. The summed E-state index contributed by atoms with van der Waals surface area (Å²) in [6.45, 7) is 0. The van der Waals surface area contributed by atoms with Crippen LogP contribution in [0, 0.1) is 0 Å². The Morgan fingerprint density at radius 1 is 1.47 bits per heavy atom. The number of rotatable bonds is 2. The van der Waals surface area contributed by atoms with Crippen LogP contribution in [0.3, 0.4) is 0 Å². The maximum absolute atomic E-state index is 6.17. The van der Waals surface area contributed by atoms with Crippen LogP contribution in [0.4, 0.5) is 0 Å². The molecule has 3 nitrogen and oxygen atoms in total. The lowest BCUT2D eigenvalue weighted by molar-refractivity contribution is 0.526. The van der Waals surface area contributed by atoms with Gasteiger partial charge in [0.1, 0.15) is 0 Å². The lowest BCUT2D eigenvalue weighted by Crippen LogP contribution is -2.24. The van der Waals surface area contributed by atoms with Gasteiger partial charge in [-0.15, -0.1) is 0 Å². The molecule has 1 aromatic carbocycles. The zero-order valence-electron chi connectivity index (χ0n) is 11.4. The summed E-state index contributed by atoms with van der Waals surface area (Å²) in [6, 6.07) is 7.03. The monoisotopic (exact) mass is 255 g/mol. The number of nitrogens with zero attached hydrogens (tertiary/aromatic N) is 1. The quantitative estimate of drug-likeness (QED) is 0.794. The van der Waals surface area contributed by atoms with Crippen molar-refractivity contribution in [2.45, 2.75) is 37.1 Å². The summed E-state index contributed by atoms with van der Waals surface area (Å²) in [7, 11) is 1.76. The average molecular weight is 255 g/mol. The highest BCUT2D eigenvalue weighted by Gasteiger charge is 2.54. The summed E-state index contributed by atoms with van der Waals surface area (Å²) < 4.78 is 0. The van der Waals surface area contributed by atoms with Gasteiger partial charge < -0.3 is 11.5 Å². The minimum atomic E-state index is 0.289. The molecule has 0 aromatic heterocycles. The van der Waals surface area contributed by atoms with Gasteiger partial charge in [0.15, 0.2) is 0 Å². The first-order chi connectivity index (χ1) is 9.21. The second-order valence-corrected chi connectivity index (χ2v) is 5.70. The van der Waals surface area contributed by atoms with Crippen molar-refractivity contribution < 1.29 is 0 Å². The van der Waals surface area contributed by atoms with Gasteiger partial charge in [0.25, 0.3) is 0 Å². The highest BCUT2D eigenvalue weighted by molar-refractivity contribution is 6.09. The van der Waals surface area contributed by atoms with Crippen molar-refractivity contribution in [3.05, 3.63) is 41.1 Å². The Hall–Kier alpha value is -1.61. The van der Waals surface area contributed by atoms with Crippen LogP contribution in [0.5, 0.6) is 0 Å². The second-order valence-electron chi connectivity index (χ2n) is 5.70. The molecule has 1 aromatic rings. The van der Waals surface area contributed by atoms with Crippen molar-refractivity contribution in [2.24, 2.45) is 16.5 Å². The van der Waals surface area contributed by atoms with E-state index in [-0.39, 0.29) is 5.41 Å². The number of hydrogen-bond donors (Lipinski definition) is 2. The zero-order valence-corrected chi connectivity index (χ0v) is 11.4. The van der Waals surface area contributed by atoms with Crippen molar-refractivity contribution in [1.29, 1.82) is 0 Å². The molecule has 3 rings (SSSR count). The van der Waals surface area contributed by atoms with Crippen LogP contribution < -0.4 is 11.5 Å². The minimum absolute atomic E-state index is 0.289. The molecule has 1 spiro atoms. The van der Waals surface area contributed by atoms with Crippen LogP contribution in [0.25, 0.3) is 5.57 Å². The Morgan fingerprint density at radius 3 is 2.89 bits per heavy atom. The molecule has 0 saturated heterocycles. The lowest BCUT2D eigenvalue weighted by atomic mass is 9.78. The third-order valence-electron chi connectivity index (χ3n) is 4.63. The molecule has 0 amide bonds. The first kappa shape index (κ1) is 12.4. The molecule has 19 heavy (non-hydrogen) atoms. The van der Waals surface area contributed by atoms with Crippen molar-refractivity contribution in [1.82, 2.24) is 0 Å². The molecule has 2 atom stereocenters. The molecule has 0 bridgehead atoms. The third kappa shape index (κ3) is 1.89. The summed E-state index contributed by atoms with van der Waals surface area (Å²) in [6.07, 6.45) is 8.22. The molecule has 3 heteroatoms. The number of hydrogen-bond acceptors (Lipinski definition) is 3. The summed E-state index contributed by atoms with van der Waals surface area (Å²) in [4.78, 5) is 4.06. The highest BCUT2D eigenvalue weighted by atomic mass is 14.8. The number of nitrogens with two attached hydrogens (primary N) is 2. The number of aryl methyl sites for hydroxylation is 1. The standard InChI is InChI=1S/C16H21N3/c1-19-10-13(9-17)11-4-5-14-12(7-11)3-2-6-16(14)8-15(16)18/h4-5,7,9-10,15H,2-3,6,8,17-18H2,1H3. The van der Waals surface area contributed by atoms with Crippen molar-refractivity contribution >= 4 is 11.8 Å². The average Bonchev–Trinajstić information content (AvgIpc) is 3.06. The molecule has 2 unspecified atom stereocenters. The predicted octanol–water partition coefficient (Wildman–Crippen LogP) is 1.99. The molecule has 0 radical (unpaired) electrons. The fourth-order valence-corrected chi connectivity index (χ4v) is 3.48. The maximum atomic E-state index is 6.17. The smallest absolute Gasteiger partial charge is 0.0301 e. The Bertz CT molecular complexity index is 559. The van der Waals surface area contributed by atoms with Gasteiger partial charge >= 0.3 is 0 Å². The molecule has 1 saturated carbocycles. The van der Waals surface area contributed by atoms with Gasteiger partial charge in [-0.25, -0.2) is 0 Å². The molecule has 0 heterocycles. The van der Waals surface area contributed by atoms with E-state index in [1.165, 1.54) is 24.0 Å². The van der Waals surface area contributed by atoms with E-state index >= 15 is 0 Å². The van der Waals surface area contributed by atoms with E-state index < -0.39 is 0 Å². The zero-order chi connectivity index (χ0) is 13.5. The Labute approximate surface area is 114 Å². The largest absolute Gasteiger partial charge is 0.404 e. The first-order valence-corrected chi connectivity index (χ1v) is 6.95. The fourth-order valence-electron chi connectivity index (χ4n) is 3.48. The minimum Gasteiger partial charge on any atom is -0.404 e. The Kier molecular flexibility index (Phi) is 2.94. The second kappa shape index (κ2) is 4.49. The van der Waals surface area contributed by atoms with Gasteiger partial charge in [-0.3, -0.25) is 4.99 Å². The number of fused-ring (bicyclic) bond motifs is 2. The lowest BCUT2D eigenvalue weighted by Gasteiger charge is -2.26. The summed E-state index contributed by atoms with van der Waals surface area (Å²) >= 11 is 0. The van der Waals surface area contributed by atoms with Crippen LogP contribution in [0.1, 0.15) is 36.0 Å². The van der Waals surface area contributed by atoms with Gasteiger partial charge in [-0.05, 0) is 42.4 Å². The van der Waals surface area contributed by atoms with Crippen molar-refractivity contribution in [3.8, 4) is 0 Å². The van der Waals surface area contributed by atoms with Gasteiger partial charge in [-0.1, -0.05) is 18.2 Å². The first-order valence-electron chi connectivity index (χ1n) is 6.95. The molecule has 0 aliphatic heterocycles. The molecule has 2 aliphatic rings. The van der Waals surface area contributed by atoms with Crippen LogP contribution in [0.15, 0.2) is 29.4 Å². The molecule has 4 N–H and O–H groups in total. The Balaban J connectivity index is 2.01. The van der Waals surface area contributed by atoms with Crippen LogP contribution in [-0.4, -0.2) is 19.3 Å². The van der Waals surface area contributed by atoms with E-state index in [2.05, 4.69) is 23.2 Å². The summed E-state index contributed by atoms with van der Waals surface area (Å²) in [5.41, 5.74) is 17.2. The van der Waals surface area contributed by atoms with E-state index in [9.17, 15) is 0 Å². The topological polar surface area (TPSA) is 64.4 Å². The van der Waals surface area contributed by atoms with Gasteiger partial charge in [0.2, 0.25) is 0 Å². The van der Waals surface area contributed by atoms with E-state index in [0.29, 0.717) is 6.04 Å². The van der Waals surface area contributed by atoms with Crippen LogP contribution in [-0.2, 0) is 11.8 Å². The maximum Gasteiger partial charge on any atom is 0.0301 e. The van der Waals surface area contributed by atoms with E-state index in [1.807, 2.05) is 6.21 Å². The normalized spacial score (nSPS) is 29.8. The van der Waals surface area contributed by atoms with Gasteiger partial charge in [0.05, 0.1) is 0 Å². The highest BCUT2D eigenvalue weighted by Crippen LogP contribution is 2.54. The van der Waals surface area contributed by atoms with Gasteiger partial charge in [-0.2, -0.15) is 0 Å². The number of benzene rings is 1. The fraction of sp³-hybridized carbons (Fsp3) is 0.438. The van der Waals surface area contributed by atoms with Gasteiger partial charge in [0, 0.05) is 36.5 Å². The van der Waals surface area contributed by atoms with E-state index in [1.54, 1.807) is 13.2 Å². The third-order valence-corrected chi connectivity index (χ3v) is 4.63. The number of aliphatic imine (C=N–C) groups is 1. The Morgan fingerprint density at radius 2 is 2.26 bits per heavy atom. The van der Waals surface area contributed by atoms with Crippen LogP contribution in [0.2, 0.25) is 0 Å². The molecular formula is C16H21N3. The van der Waals surface area contributed by atoms with Crippen LogP contribution >= 0.6 is 0 Å². The molecule has 2 aliphatic carbocycles. The van der Waals surface area contributed by atoms with E-state index in [0.717, 1.165) is 24.0 Å². The van der Waals surface area contributed by atoms with E-state index in [4.69, 9.17) is 11.5 Å². The molecular weight excluding hydrogens is 234 g/mol. The SMILES string of the molecule is CN=CC(=CN)c1ccc2c(c1)CCCC21CC1N. The van der Waals surface area contributed by atoms with Crippen molar-refractivity contribution in [3.63, 3.8) is 0 Å². The predicted molar refractivity (Wildman–Crippen MR) is 80.2 cm³/mol. The molecule has 100 valence electrons. The summed E-state index contributed by atoms with van der Waals surface area (Å²) in [5.74, 6) is 0. The summed E-state index contributed by atoms with van der Waals surface area (Å²) in [5, 5.41) is 0.